The monoisotopic (exact) mass is 302 g/mol. The fourth-order valence-corrected chi connectivity index (χ4v) is 3.90. The van der Waals surface area contributed by atoms with Crippen molar-refractivity contribution in [2.45, 2.75) is 57.3 Å². The van der Waals surface area contributed by atoms with Gasteiger partial charge in [0, 0.05) is 12.0 Å². The number of hydrogen-bond acceptors (Lipinski definition) is 3. The van der Waals surface area contributed by atoms with Crippen LogP contribution in [0.25, 0.3) is 0 Å². The van der Waals surface area contributed by atoms with Crippen molar-refractivity contribution in [2.24, 2.45) is 11.7 Å². The number of nitrogens with zero attached hydrogens (tertiary/aromatic N) is 1. The van der Waals surface area contributed by atoms with Gasteiger partial charge >= 0.3 is 0 Å². The first-order valence-corrected chi connectivity index (χ1v) is 8.32. The summed E-state index contributed by atoms with van der Waals surface area (Å²) in [5, 5.41) is 0. The highest BCUT2D eigenvalue weighted by Gasteiger charge is 2.40. The third-order valence-electron chi connectivity index (χ3n) is 5.07. The zero-order valence-corrected chi connectivity index (χ0v) is 13.4. The third-order valence-corrected chi connectivity index (χ3v) is 5.07. The van der Waals surface area contributed by atoms with Crippen LogP contribution < -0.4 is 5.73 Å². The van der Waals surface area contributed by atoms with E-state index in [9.17, 15) is 4.79 Å². The van der Waals surface area contributed by atoms with Gasteiger partial charge in [0.15, 0.2) is 0 Å². The molecule has 4 heteroatoms. The van der Waals surface area contributed by atoms with Gasteiger partial charge in [-0.15, -0.1) is 0 Å². The van der Waals surface area contributed by atoms with Gasteiger partial charge in [-0.3, -0.25) is 4.79 Å². The summed E-state index contributed by atoms with van der Waals surface area (Å²) in [7, 11) is 0. The van der Waals surface area contributed by atoms with Gasteiger partial charge in [0.05, 0.1) is 18.7 Å². The number of ether oxygens (including phenoxy) is 1. The van der Waals surface area contributed by atoms with E-state index in [4.69, 9.17) is 10.5 Å². The lowest BCUT2D eigenvalue weighted by atomic mass is 9.96. The minimum Gasteiger partial charge on any atom is -0.369 e. The fourth-order valence-electron chi connectivity index (χ4n) is 3.90. The smallest absolute Gasteiger partial charge is 0.226 e. The van der Waals surface area contributed by atoms with E-state index in [1.807, 2.05) is 23.1 Å². The number of amides is 1. The lowest BCUT2D eigenvalue weighted by molar-refractivity contribution is -0.157. The average molecular weight is 302 g/mol. The van der Waals surface area contributed by atoms with Crippen LogP contribution in [0.3, 0.4) is 0 Å². The SMILES string of the molecule is C[C@@H]1CO[C@H](c2ccccc2)[C@H](C)N1C(=O)[C@@H]1CC[C@H](N)C1. The van der Waals surface area contributed by atoms with Crippen LogP contribution in [0.1, 0.15) is 44.8 Å². The molecule has 120 valence electrons. The quantitative estimate of drug-likeness (QED) is 0.913. The Balaban J connectivity index is 1.78. The molecule has 0 spiro atoms. The van der Waals surface area contributed by atoms with Gasteiger partial charge in [-0.1, -0.05) is 30.3 Å². The third kappa shape index (κ3) is 2.90. The van der Waals surface area contributed by atoms with Crippen LogP contribution >= 0.6 is 0 Å². The molecular formula is C18H26N2O2. The second-order valence-electron chi connectivity index (χ2n) is 6.77. The predicted octanol–water partition coefficient (Wildman–Crippen LogP) is 2.49. The van der Waals surface area contributed by atoms with Crippen molar-refractivity contribution < 1.29 is 9.53 Å². The zero-order chi connectivity index (χ0) is 15.7. The van der Waals surface area contributed by atoms with Crippen molar-refractivity contribution in [2.75, 3.05) is 6.61 Å². The molecule has 0 aromatic heterocycles. The molecule has 1 aliphatic carbocycles. The topological polar surface area (TPSA) is 55.6 Å². The van der Waals surface area contributed by atoms with Crippen molar-refractivity contribution in [1.82, 2.24) is 4.90 Å². The van der Waals surface area contributed by atoms with Gasteiger partial charge in [0.2, 0.25) is 5.91 Å². The molecule has 22 heavy (non-hydrogen) atoms. The lowest BCUT2D eigenvalue weighted by Gasteiger charge is -2.45. The van der Waals surface area contributed by atoms with Crippen LogP contribution in [-0.2, 0) is 9.53 Å². The number of nitrogens with two attached hydrogens (primary N) is 1. The first-order chi connectivity index (χ1) is 10.6. The summed E-state index contributed by atoms with van der Waals surface area (Å²) in [4.78, 5) is 15.0. The van der Waals surface area contributed by atoms with Gasteiger partial charge in [-0.25, -0.2) is 0 Å². The summed E-state index contributed by atoms with van der Waals surface area (Å²) in [6.45, 7) is 4.76. The molecule has 0 bridgehead atoms. The Morgan fingerprint density at radius 3 is 2.59 bits per heavy atom. The van der Waals surface area contributed by atoms with Crippen molar-refractivity contribution >= 4 is 5.91 Å². The molecule has 1 amide bonds. The molecule has 4 nitrogen and oxygen atoms in total. The summed E-state index contributed by atoms with van der Waals surface area (Å²) in [5.41, 5.74) is 7.13. The van der Waals surface area contributed by atoms with Crippen molar-refractivity contribution in [3.8, 4) is 0 Å². The number of carbonyl (C=O) groups is 1. The molecule has 1 aromatic carbocycles. The second-order valence-corrected chi connectivity index (χ2v) is 6.77. The van der Waals surface area contributed by atoms with E-state index in [1.165, 1.54) is 0 Å². The average Bonchev–Trinajstić information content (AvgIpc) is 2.95. The molecule has 0 radical (unpaired) electrons. The Morgan fingerprint density at radius 2 is 1.95 bits per heavy atom. The van der Waals surface area contributed by atoms with Crippen molar-refractivity contribution in [3.63, 3.8) is 0 Å². The highest BCUT2D eigenvalue weighted by Crippen LogP contribution is 2.34. The van der Waals surface area contributed by atoms with Crippen LogP contribution in [0, 0.1) is 5.92 Å². The Morgan fingerprint density at radius 1 is 1.23 bits per heavy atom. The molecule has 1 aliphatic heterocycles. The molecule has 1 saturated carbocycles. The molecule has 5 atom stereocenters. The maximum absolute atomic E-state index is 13.0. The van der Waals surface area contributed by atoms with Crippen LogP contribution in [-0.4, -0.2) is 35.5 Å². The highest BCUT2D eigenvalue weighted by molar-refractivity contribution is 5.80. The van der Waals surface area contributed by atoms with Crippen LogP contribution in [0.4, 0.5) is 0 Å². The Kier molecular flexibility index (Phi) is 4.50. The predicted molar refractivity (Wildman–Crippen MR) is 86.2 cm³/mol. The number of rotatable bonds is 2. The Hall–Kier alpha value is -1.39. The van der Waals surface area contributed by atoms with E-state index in [2.05, 4.69) is 26.0 Å². The van der Waals surface area contributed by atoms with E-state index in [1.54, 1.807) is 0 Å². The van der Waals surface area contributed by atoms with Gasteiger partial charge in [-0.2, -0.15) is 0 Å². The summed E-state index contributed by atoms with van der Waals surface area (Å²) < 4.78 is 6.03. The zero-order valence-electron chi connectivity index (χ0n) is 13.4. The summed E-state index contributed by atoms with van der Waals surface area (Å²) in [6.07, 6.45) is 2.67. The van der Waals surface area contributed by atoms with Gasteiger partial charge in [0.25, 0.3) is 0 Å². The fraction of sp³-hybridized carbons (Fsp3) is 0.611. The Labute approximate surface area is 132 Å². The van der Waals surface area contributed by atoms with E-state index < -0.39 is 0 Å². The number of hydrogen-bond donors (Lipinski definition) is 1. The molecular weight excluding hydrogens is 276 g/mol. The number of carbonyl (C=O) groups excluding carboxylic acids is 1. The van der Waals surface area contributed by atoms with Crippen molar-refractivity contribution in [3.05, 3.63) is 35.9 Å². The van der Waals surface area contributed by atoms with Crippen LogP contribution in [0.15, 0.2) is 30.3 Å². The number of benzene rings is 1. The first-order valence-electron chi connectivity index (χ1n) is 8.32. The van der Waals surface area contributed by atoms with Crippen LogP contribution in [0.2, 0.25) is 0 Å². The molecule has 3 rings (SSSR count). The summed E-state index contributed by atoms with van der Waals surface area (Å²) in [5.74, 6) is 0.353. The summed E-state index contributed by atoms with van der Waals surface area (Å²) in [6, 6.07) is 10.6. The van der Waals surface area contributed by atoms with Crippen LogP contribution in [0.5, 0.6) is 0 Å². The highest BCUT2D eigenvalue weighted by atomic mass is 16.5. The standard InChI is InChI=1S/C18H26N2O2/c1-12-11-22-17(14-6-4-3-5-7-14)13(2)20(12)18(21)15-8-9-16(19)10-15/h3-7,12-13,15-17H,8-11,19H2,1-2H3/t12-,13+,15-,16+,17+/m1/s1. The minimum absolute atomic E-state index is 0.0450. The van der Waals surface area contributed by atoms with E-state index in [0.29, 0.717) is 6.61 Å². The van der Waals surface area contributed by atoms with Gasteiger partial charge in [-0.05, 0) is 38.7 Å². The largest absolute Gasteiger partial charge is 0.369 e. The van der Waals surface area contributed by atoms with Gasteiger partial charge < -0.3 is 15.4 Å². The molecule has 2 N–H and O–H groups in total. The molecule has 2 fully saturated rings. The van der Waals surface area contributed by atoms with Crippen molar-refractivity contribution in [1.29, 1.82) is 0 Å². The van der Waals surface area contributed by atoms with Gasteiger partial charge in [0.1, 0.15) is 6.10 Å². The molecule has 1 aromatic rings. The maximum atomic E-state index is 13.0. The molecule has 1 heterocycles. The summed E-state index contributed by atoms with van der Waals surface area (Å²) >= 11 is 0. The molecule has 2 aliphatic rings. The minimum atomic E-state index is -0.0450. The van der Waals surface area contributed by atoms with E-state index in [-0.39, 0.29) is 36.1 Å². The second kappa shape index (κ2) is 6.39. The Bertz CT molecular complexity index is 519. The first kappa shape index (κ1) is 15.5. The molecule has 0 unspecified atom stereocenters. The maximum Gasteiger partial charge on any atom is 0.226 e. The van der Waals surface area contributed by atoms with E-state index in [0.717, 1.165) is 24.8 Å². The van der Waals surface area contributed by atoms with E-state index >= 15 is 0 Å². The normalized spacial score (nSPS) is 35.6. The molecule has 1 saturated heterocycles. The lowest BCUT2D eigenvalue weighted by Crippen LogP contribution is -2.55. The number of morpholine rings is 1.